The predicted octanol–water partition coefficient (Wildman–Crippen LogP) is 1.90. The topological polar surface area (TPSA) is 69.2 Å². The number of carbonyl (C=O) groups is 1. The number of carbonyl (C=O) groups excluding carboxylic acids is 1. The summed E-state index contributed by atoms with van der Waals surface area (Å²) >= 11 is 1.69. The van der Waals surface area contributed by atoms with E-state index in [4.69, 9.17) is 9.73 Å². The quantitative estimate of drug-likeness (QED) is 0.496. The highest BCUT2D eigenvalue weighted by molar-refractivity contribution is 7.09. The second-order valence-corrected chi connectivity index (χ2v) is 8.43. The number of guanidine groups is 1. The lowest BCUT2D eigenvalue weighted by molar-refractivity contribution is -0.127. The van der Waals surface area contributed by atoms with E-state index in [2.05, 4.69) is 51.2 Å². The molecule has 0 spiro atoms. The summed E-state index contributed by atoms with van der Waals surface area (Å²) in [4.78, 5) is 22.0. The molecule has 162 valence electrons. The predicted molar refractivity (Wildman–Crippen MR) is 122 cm³/mol. The molecule has 0 bridgehead atoms. The number of thiophene rings is 1. The van der Waals surface area contributed by atoms with Gasteiger partial charge < -0.3 is 20.3 Å². The van der Waals surface area contributed by atoms with Gasteiger partial charge in [0.05, 0.1) is 32.8 Å². The summed E-state index contributed by atoms with van der Waals surface area (Å²) in [5.74, 6) is 0.646. The van der Waals surface area contributed by atoms with Crippen LogP contribution in [-0.2, 0) is 29.2 Å². The summed E-state index contributed by atoms with van der Waals surface area (Å²) in [5, 5.41) is 8.55. The summed E-state index contributed by atoms with van der Waals surface area (Å²) in [7, 11) is 3.50. The molecule has 1 saturated heterocycles. The van der Waals surface area contributed by atoms with Crippen LogP contribution in [0.1, 0.15) is 16.0 Å². The maximum atomic E-state index is 12.0. The van der Waals surface area contributed by atoms with Gasteiger partial charge in [0.25, 0.3) is 0 Å². The molecule has 7 nitrogen and oxygen atoms in total. The largest absolute Gasteiger partial charge is 0.379 e. The minimum absolute atomic E-state index is 0.00772. The second-order valence-electron chi connectivity index (χ2n) is 7.40. The number of hydrogen-bond donors (Lipinski definition) is 2. The summed E-state index contributed by atoms with van der Waals surface area (Å²) in [6, 6.07) is 12.5. The molecule has 0 atom stereocenters. The van der Waals surface area contributed by atoms with E-state index in [1.807, 2.05) is 6.07 Å². The van der Waals surface area contributed by atoms with E-state index in [-0.39, 0.29) is 12.5 Å². The molecule has 0 saturated carbocycles. The molecular weight excluding hydrogens is 398 g/mol. The highest BCUT2D eigenvalue weighted by Gasteiger charge is 2.13. The Morgan fingerprint density at radius 3 is 2.60 bits per heavy atom. The van der Waals surface area contributed by atoms with Crippen molar-refractivity contribution < 1.29 is 9.53 Å². The fourth-order valence-corrected chi connectivity index (χ4v) is 3.75. The fourth-order valence-electron chi connectivity index (χ4n) is 3.11. The van der Waals surface area contributed by atoms with Crippen LogP contribution >= 0.6 is 11.3 Å². The molecule has 30 heavy (non-hydrogen) atoms. The van der Waals surface area contributed by atoms with Crippen molar-refractivity contribution in [1.29, 1.82) is 0 Å². The first kappa shape index (κ1) is 22.3. The van der Waals surface area contributed by atoms with Crippen molar-refractivity contribution >= 4 is 23.2 Å². The second kappa shape index (κ2) is 11.7. The molecule has 8 heteroatoms. The molecular formula is C22H31N5O2S. The van der Waals surface area contributed by atoms with E-state index in [1.54, 1.807) is 30.3 Å². The van der Waals surface area contributed by atoms with Gasteiger partial charge in [-0.3, -0.25) is 9.69 Å². The first-order chi connectivity index (χ1) is 14.6. The van der Waals surface area contributed by atoms with Crippen molar-refractivity contribution in [3.63, 3.8) is 0 Å². The zero-order valence-electron chi connectivity index (χ0n) is 17.8. The summed E-state index contributed by atoms with van der Waals surface area (Å²) < 4.78 is 5.46. The van der Waals surface area contributed by atoms with Crippen LogP contribution < -0.4 is 10.6 Å². The maximum absolute atomic E-state index is 12.0. The zero-order chi connectivity index (χ0) is 21.2. The van der Waals surface area contributed by atoms with Crippen molar-refractivity contribution in [2.75, 3.05) is 46.9 Å². The Bertz CT molecular complexity index is 817. The molecule has 1 amide bonds. The third kappa shape index (κ3) is 7.12. The molecule has 1 aromatic carbocycles. The number of morpholine rings is 1. The van der Waals surface area contributed by atoms with Gasteiger partial charge in [-0.05, 0) is 22.6 Å². The Morgan fingerprint density at radius 1 is 1.13 bits per heavy atom. The van der Waals surface area contributed by atoms with Crippen LogP contribution in [0.25, 0.3) is 0 Å². The monoisotopic (exact) mass is 429 g/mol. The number of nitrogens with zero attached hydrogens (tertiary/aromatic N) is 3. The van der Waals surface area contributed by atoms with Crippen molar-refractivity contribution in [3.8, 4) is 0 Å². The standard InChI is InChI=1S/C22H31N5O2S/c1-26(2)21(28)16-25-22(24-15-20-8-5-13-30-20)23-14-18-6-3-4-7-19(18)17-27-9-11-29-12-10-27/h3-8,13H,9-12,14-17H2,1-2H3,(H2,23,24,25). The van der Waals surface area contributed by atoms with Gasteiger partial charge in [-0.1, -0.05) is 30.3 Å². The van der Waals surface area contributed by atoms with Gasteiger partial charge >= 0.3 is 0 Å². The van der Waals surface area contributed by atoms with E-state index in [1.165, 1.54) is 16.0 Å². The van der Waals surface area contributed by atoms with Gasteiger partial charge in [0.15, 0.2) is 5.96 Å². The minimum atomic E-state index is 0.00772. The van der Waals surface area contributed by atoms with Gasteiger partial charge in [0.1, 0.15) is 0 Å². The lowest BCUT2D eigenvalue weighted by Gasteiger charge is -2.27. The zero-order valence-corrected chi connectivity index (χ0v) is 18.6. The molecule has 0 aliphatic carbocycles. The molecule has 2 aromatic rings. The average molecular weight is 430 g/mol. The van der Waals surface area contributed by atoms with Gasteiger partial charge in [0, 0.05) is 38.6 Å². The molecule has 3 rings (SSSR count). The van der Waals surface area contributed by atoms with Gasteiger partial charge in [-0.2, -0.15) is 0 Å². The van der Waals surface area contributed by atoms with Crippen LogP contribution in [0.3, 0.4) is 0 Å². The van der Waals surface area contributed by atoms with Crippen molar-refractivity contribution in [1.82, 2.24) is 20.4 Å². The van der Waals surface area contributed by atoms with Crippen LogP contribution in [0.15, 0.2) is 46.8 Å². The van der Waals surface area contributed by atoms with E-state index < -0.39 is 0 Å². The first-order valence-electron chi connectivity index (χ1n) is 10.2. The SMILES string of the molecule is CN(C)C(=O)CNC(=NCc1ccccc1CN1CCOCC1)NCc1cccs1. The van der Waals surface area contributed by atoms with E-state index in [0.717, 1.165) is 32.8 Å². The fraction of sp³-hybridized carbons (Fsp3) is 0.455. The molecule has 0 radical (unpaired) electrons. The highest BCUT2D eigenvalue weighted by atomic mass is 32.1. The maximum Gasteiger partial charge on any atom is 0.241 e. The summed E-state index contributed by atoms with van der Waals surface area (Å²) in [5.41, 5.74) is 2.48. The normalized spacial score (nSPS) is 15.1. The van der Waals surface area contributed by atoms with Crippen molar-refractivity contribution in [2.24, 2.45) is 4.99 Å². The Labute approximate surface area is 182 Å². The number of likely N-dealkylation sites (N-methyl/N-ethyl adjacent to an activating group) is 1. The number of aliphatic imine (C=N–C) groups is 1. The summed E-state index contributed by atoms with van der Waals surface area (Å²) in [6.45, 7) is 5.84. The third-order valence-corrected chi connectivity index (χ3v) is 5.82. The van der Waals surface area contributed by atoms with Crippen LogP contribution in [0, 0.1) is 0 Å². The van der Waals surface area contributed by atoms with Crippen LogP contribution in [0.2, 0.25) is 0 Å². The Kier molecular flexibility index (Phi) is 8.67. The Morgan fingerprint density at radius 2 is 1.90 bits per heavy atom. The molecule has 1 aromatic heterocycles. The molecule has 1 aliphatic heterocycles. The lowest BCUT2D eigenvalue weighted by Crippen LogP contribution is -2.42. The summed E-state index contributed by atoms with van der Waals surface area (Å²) in [6.07, 6.45) is 0. The van der Waals surface area contributed by atoms with Gasteiger partial charge in [-0.15, -0.1) is 11.3 Å². The smallest absolute Gasteiger partial charge is 0.241 e. The molecule has 0 unspecified atom stereocenters. The molecule has 1 fully saturated rings. The molecule has 1 aliphatic rings. The number of nitrogens with one attached hydrogen (secondary N) is 2. The minimum Gasteiger partial charge on any atom is -0.379 e. The molecule has 2 heterocycles. The number of benzene rings is 1. The van der Waals surface area contributed by atoms with E-state index in [0.29, 0.717) is 19.0 Å². The number of hydrogen-bond acceptors (Lipinski definition) is 5. The van der Waals surface area contributed by atoms with E-state index in [9.17, 15) is 4.79 Å². The number of ether oxygens (including phenoxy) is 1. The Hall–Kier alpha value is -2.42. The van der Waals surface area contributed by atoms with Crippen LogP contribution in [0.5, 0.6) is 0 Å². The van der Waals surface area contributed by atoms with Crippen LogP contribution in [-0.4, -0.2) is 68.6 Å². The highest BCUT2D eigenvalue weighted by Crippen LogP contribution is 2.14. The van der Waals surface area contributed by atoms with Gasteiger partial charge in [0.2, 0.25) is 5.91 Å². The van der Waals surface area contributed by atoms with Crippen molar-refractivity contribution in [2.45, 2.75) is 19.6 Å². The van der Waals surface area contributed by atoms with Crippen LogP contribution in [0.4, 0.5) is 0 Å². The van der Waals surface area contributed by atoms with Gasteiger partial charge in [-0.25, -0.2) is 4.99 Å². The lowest BCUT2D eigenvalue weighted by atomic mass is 10.1. The molecule has 2 N–H and O–H groups in total. The first-order valence-corrected chi connectivity index (χ1v) is 11.1. The average Bonchev–Trinajstić information content (AvgIpc) is 3.28. The van der Waals surface area contributed by atoms with Crippen molar-refractivity contribution in [3.05, 3.63) is 57.8 Å². The Balaban J connectivity index is 1.66. The third-order valence-electron chi connectivity index (χ3n) is 4.94. The van der Waals surface area contributed by atoms with E-state index >= 15 is 0 Å². The number of rotatable bonds is 8. The number of amides is 1.